The molecule has 6 nitrogen and oxygen atoms in total. The monoisotopic (exact) mass is 1910 g/mol. The quantitative estimate of drug-likeness (QED) is 0.0979. The first-order valence-corrected chi connectivity index (χ1v) is 51.6. The molecule has 0 N–H and O–H groups in total. The lowest BCUT2D eigenvalue weighted by molar-refractivity contribution is 1.18. The molecule has 0 bridgehead atoms. The maximum absolute atomic E-state index is 2.43. The van der Waals surface area contributed by atoms with Crippen LogP contribution in [0.4, 0.5) is 0 Å². The molecule has 0 saturated carbocycles. The summed E-state index contributed by atoms with van der Waals surface area (Å²) in [6.07, 6.45) is 0. The van der Waals surface area contributed by atoms with Crippen molar-refractivity contribution in [1.29, 1.82) is 0 Å². The minimum Gasteiger partial charge on any atom is -0.309 e. The van der Waals surface area contributed by atoms with Gasteiger partial charge in [-0.1, -0.05) is 394 Å². The number of aromatic nitrogens is 6. The van der Waals surface area contributed by atoms with Gasteiger partial charge < -0.3 is 27.4 Å². The first-order chi connectivity index (χ1) is 74.4. The van der Waals surface area contributed by atoms with Crippen molar-refractivity contribution < 1.29 is 0 Å². The first-order valence-electron chi connectivity index (χ1n) is 51.6. The third kappa shape index (κ3) is 15.6. The number of hydrogen-bond acceptors (Lipinski definition) is 0. The third-order valence-electron chi connectivity index (χ3n) is 30.3. The lowest BCUT2D eigenvalue weighted by atomic mass is 9.98. The second-order valence-electron chi connectivity index (χ2n) is 39.0. The Kier molecular flexibility index (Phi) is 21.9. The number of benzene rings is 24. The van der Waals surface area contributed by atoms with Gasteiger partial charge in [-0.3, -0.25) is 0 Å². The summed E-state index contributed by atoms with van der Waals surface area (Å²) in [7, 11) is 0. The average Bonchev–Trinajstić information content (AvgIpc) is 1.59. The topological polar surface area (TPSA) is 29.6 Å². The fourth-order valence-corrected chi connectivity index (χ4v) is 23.3. The first kappa shape index (κ1) is 87.8. The molecule has 6 aromatic heterocycles. The van der Waals surface area contributed by atoms with Crippen LogP contribution < -0.4 is 0 Å². The van der Waals surface area contributed by atoms with Gasteiger partial charge in [-0.25, -0.2) is 0 Å². The van der Waals surface area contributed by atoms with E-state index >= 15 is 0 Å². The van der Waals surface area contributed by atoms with Crippen LogP contribution in [0.5, 0.6) is 0 Å². The Morgan fingerprint density at radius 1 is 0.0733 bits per heavy atom. The van der Waals surface area contributed by atoms with Crippen LogP contribution in [0.2, 0.25) is 0 Å². The van der Waals surface area contributed by atoms with E-state index in [2.05, 4.69) is 610 Å². The van der Waals surface area contributed by atoms with E-state index in [0.29, 0.717) is 0 Å². The van der Waals surface area contributed by atoms with Crippen LogP contribution >= 0.6 is 0 Å². The molecular formula is C144H96N6. The summed E-state index contributed by atoms with van der Waals surface area (Å²) >= 11 is 0. The van der Waals surface area contributed by atoms with E-state index in [1.165, 1.54) is 242 Å². The van der Waals surface area contributed by atoms with Crippen molar-refractivity contribution in [2.45, 2.75) is 0 Å². The molecule has 150 heavy (non-hydrogen) atoms. The van der Waals surface area contributed by atoms with Gasteiger partial charge in [0, 0.05) is 98.8 Å². The second kappa shape index (κ2) is 37.4. The Balaban J connectivity index is 0.000000108. The second-order valence-corrected chi connectivity index (χ2v) is 39.0. The molecule has 0 aliphatic rings. The van der Waals surface area contributed by atoms with Gasteiger partial charge in [0.15, 0.2) is 0 Å². The highest BCUT2D eigenvalue weighted by Crippen LogP contribution is 2.47. The summed E-state index contributed by atoms with van der Waals surface area (Å²) in [5, 5.41) is 15.1. The van der Waals surface area contributed by atoms with E-state index in [1.807, 2.05) is 0 Å². The molecule has 702 valence electrons. The molecule has 30 aromatic rings. The van der Waals surface area contributed by atoms with Crippen LogP contribution in [0.25, 0.3) is 265 Å². The number of para-hydroxylation sites is 8. The predicted octanol–water partition coefficient (Wildman–Crippen LogP) is 38.6. The maximum Gasteiger partial charge on any atom is 0.0541 e. The molecule has 0 radical (unpaired) electrons. The van der Waals surface area contributed by atoms with Crippen molar-refractivity contribution in [3.63, 3.8) is 0 Å². The summed E-state index contributed by atoms with van der Waals surface area (Å²) in [5.74, 6) is 0. The summed E-state index contributed by atoms with van der Waals surface area (Å²) < 4.78 is 14.4. The van der Waals surface area contributed by atoms with Crippen molar-refractivity contribution in [3.8, 4) is 134 Å². The van der Waals surface area contributed by atoms with Gasteiger partial charge in [-0.05, 0) is 288 Å². The predicted molar refractivity (Wildman–Crippen MR) is 634 cm³/mol. The van der Waals surface area contributed by atoms with Gasteiger partial charge in [-0.2, -0.15) is 0 Å². The highest BCUT2D eigenvalue weighted by atomic mass is 15.0. The van der Waals surface area contributed by atoms with Crippen LogP contribution in [-0.4, -0.2) is 27.4 Å². The molecule has 6 heteroatoms. The molecule has 0 atom stereocenters. The zero-order valence-corrected chi connectivity index (χ0v) is 82.1. The third-order valence-corrected chi connectivity index (χ3v) is 30.3. The molecule has 0 amide bonds. The van der Waals surface area contributed by atoms with Crippen molar-refractivity contribution in [2.24, 2.45) is 0 Å². The summed E-state index contributed by atoms with van der Waals surface area (Å²) in [4.78, 5) is 0. The molecule has 0 aliphatic carbocycles. The van der Waals surface area contributed by atoms with Gasteiger partial charge >= 0.3 is 0 Å². The summed E-state index contributed by atoms with van der Waals surface area (Å²) in [6.45, 7) is 0. The Morgan fingerprint density at radius 3 is 0.487 bits per heavy atom. The number of rotatable bonds is 15. The normalized spacial score (nSPS) is 11.6. The number of nitrogens with zero attached hydrogens (tertiary/aromatic N) is 6. The van der Waals surface area contributed by atoms with Crippen LogP contribution in [0, 0.1) is 0 Å². The van der Waals surface area contributed by atoms with E-state index in [1.54, 1.807) is 0 Å². The van der Waals surface area contributed by atoms with Crippen molar-refractivity contribution in [2.75, 3.05) is 0 Å². The Bertz CT molecular complexity index is 10200. The molecule has 0 spiro atoms. The van der Waals surface area contributed by atoms with Crippen molar-refractivity contribution in [3.05, 3.63) is 582 Å². The maximum atomic E-state index is 2.43. The molecule has 0 unspecified atom stereocenters. The fourth-order valence-electron chi connectivity index (χ4n) is 23.3. The number of fused-ring (bicyclic) bond motifs is 18. The Hall–Kier alpha value is -19.9. The average molecular weight is 1910 g/mol. The van der Waals surface area contributed by atoms with Crippen molar-refractivity contribution >= 4 is 131 Å². The van der Waals surface area contributed by atoms with Gasteiger partial charge in [-0.15, -0.1) is 0 Å². The van der Waals surface area contributed by atoms with E-state index in [0.717, 1.165) is 22.7 Å². The molecule has 30 rings (SSSR count). The van der Waals surface area contributed by atoms with Gasteiger partial charge in [0.05, 0.1) is 66.2 Å². The van der Waals surface area contributed by atoms with Gasteiger partial charge in [0.25, 0.3) is 0 Å². The van der Waals surface area contributed by atoms with E-state index in [4.69, 9.17) is 0 Å². The summed E-state index contributed by atoms with van der Waals surface area (Å²) in [5.41, 5.74) is 43.3. The molecule has 6 heterocycles. The van der Waals surface area contributed by atoms with Gasteiger partial charge in [0.2, 0.25) is 0 Å². The molecule has 0 saturated heterocycles. The minimum atomic E-state index is 1.15. The minimum absolute atomic E-state index is 1.15. The highest BCUT2D eigenvalue weighted by molar-refractivity contribution is 6.17. The van der Waals surface area contributed by atoms with Crippen LogP contribution in [-0.2, 0) is 0 Å². The van der Waals surface area contributed by atoms with Crippen molar-refractivity contribution in [1.82, 2.24) is 27.4 Å². The zero-order chi connectivity index (χ0) is 99.1. The van der Waals surface area contributed by atoms with Crippen LogP contribution in [0.3, 0.4) is 0 Å². The Labute approximate surface area is 868 Å². The molecular weight excluding hydrogens is 1810 g/mol. The van der Waals surface area contributed by atoms with E-state index in [-0.39, 0.29) is 0 Å². The van der Waals surface area contributed by atoms with E-state index in [9.17, 15) is 0 Å². The van der Waals surface area contributed by atoms with E-state index < -0.39 is 0 Å². The standard InChI is InChI=1S/3C48H32N2/c1-4-14-33(15-5-1)37-28-38(34-16-6-2-7-17-34)30-40(29-37)50-46-23-13-11-21-42(46)44-32-36(25-27-48(44)50)35-24-26-47-43(31-35)41-20-10-12-22-45(41)49(47)39-18-8-3-9-19-39;1-3-13-33(14-4-1)35-17-11-19-39(29-35)49-45-23-9-7-21-41(45)43-31-37(25-27-47(43)49)38-26-28-48-44(32-38)42-22-8-10-24-46(42)50(48)40-20-12-18-36(30-40)34-15-5-2-6-16-34;1-3-11-33(12-4-1)34-19-21-35(22-20-34)36-23-27-40(28-24-36)50-46-18-10-8-16-42(46)44-32-38(26-30-48(44)50)37-25-29-47-43(31-37)41-15-7-9-17-45(41)49(47)39-13-5-2-6-14-39/h3*1-32H. The molecule has 0 aliphatic heterocycles. The fraction of sp³-hybridized carbons (Fsp3) is 0. The molecule has 24 aromatic carbocycles. The van der Waals surface area contributed by atoms with Crippen LogP contribution in [0.15, 0.2) is 582 Å². The highest BCUT2D eigenvalue weighted by Gasteiger charge is 2.24. The lowest BCUT2D eigenvalue weighted by Gasteiger charge is -2.14. The van der Waals surface area contributed by atoms with Crippen LogP contribution in [0.1, 0.15) is 0 Å². The number of hydrogen-bond donors (Lipinski definition) is 0. The largest absolute Gasteiger partial charge is 0.309 e. The Morgan fingerprint density at radius 2 is 0.227 bits per heavy atom. The summed E-state index contributed by atoms with van der Waals surface area (Å²) in [6, 6.07) is 211. The zero-order valence-electron chi connectivity index (χ0n) is 82.1. The SMILES string of the molecule is c1ccc(-c2cc(-c3ccccc3)cc(-n3c4ccccc4c4cc(-c5ccc6c(c5)c5ccccc5n6-c5ccccc5)ccc43)c2)cc1.c1ccc(-c2ccc(-c3ccc(-n4c5ccccc5c5cc(-c6ccc7c(c6)c6ccccc6n7-c6ccccc6)ccc54)cc3)cc2)cc1.c1ccc(-c2cccc(-n3c4ccccc4c4cc(-c5ccc6c(c5)c5ccccc5n6-c5cccc(-c6ccccc6)c5)ccc43)c2)cc1. The smallest absolute Gasteiger partial charge is 0.0541 e. The molecule has 0 fully saturated rings. The lowest BCUT2D eigenvalue weighted by Crippen LogP contribution is -1.96. The van der Waals surface area contributed by atoms with Gasteiger partial charge in [0.1, 0.15) is 0 Å².